The van der Waals surface area contributed by atoms with Gasteiger partial charge in [-0.2, -0.15) is 0 Å². The Morgan fingerprint density at radius 2 is 1.50 bits per heavy atom. The lowest BCUT2D eigenvalue weighted by atomic mass is 10.1. The van der Waals surface area contributed by atoms with Gasteiger partial charge in [0.15, 0.2) is 17.3 Å². The summed E-state index contributed by atoms with van der Waals surface area (Å²) in [6.07, 6.45) is 2.18. The Hall–Kier alpha value is -2.89. The Morgan fingerprint density at radius 1 is 0.958 bits per heavy atom. The molecular formula is C18H16F2O4. The van der Waals surface area contributed by atoms with Gasteiger partial charge in [0.1, 0.15) is 11.6 Å². The molecule has 0 fully saturated rings. The first-order chi connectivity index (χ1) is 11.5. The van der Waals surface area contributed by atoms with Gasteiger partial charge in [-0.05, 0) is 36.4 Å². The quantitative estimate of drug-likeness (QED) is 0.594. The SMILES string of the molecule is COc1cc(C(=O)/C=C/c2c(F)cccc2F)cc(OC)c1OC. The third-order valence-corrected chi connectivity index (χ3v) is 3.35. The summed E-state index contributed by atoms with van der Waals surface area (Å²) < 4.78 is 42.7. The molecule has 126 valence electrons. The Bertz CT molecular complexity index is 739. The molecule has 2 rings (SSSR count). The second-order valence-electron chi connectivity index (χ2n) is 4.75. The summed E-state index contributed by atoms with van der Waals surface area (Å²) in [5, 5.41) is 0. The van der Waals surface area contributed by atoms with Crippen LogP contribution >= 0.6 is 0 Å². The molecular weight excluding hydrogens is 318 g/mol. The van der Waals surface area contributed by atoms with Crippen LogP contribution in [0.25, 0.3) is 6.08 Å². The van der Waals surface area contributed by atoms with E-state index >= 15 is 0 Å². The molecule has 0 atom stereocenters. The molecule has 0 N–H and O–H groups in total. The van der Waals surface area contributed by atoms with E-state index < -0.39 is 17.4 Å². The van der Waals surface area contributed by atoms with Crippen LogP contribution in [0.3, 0.4) is 0 Å². The fourth-order valence-corrected chi connectivity index (χ4v) is 2.15. The highest BCUT2D eigenvalue weighted by atomic mass is 19.1. The standard InChI is InChI=1S/C18H16F2O4/c1-22-16-9-11(10-17(23-2)18(16)24-3)15(21)8-7-12-13(19)5-4-6-14(12)20/h4-10H,1-3H3/b8-7+. The number of benzene rings is 2. The molecule has 2 aromatic carbocycles. The van der Waals surface area contributed by atoms with E-state index in [1.54, 1.807) is 0 Å². The second kappa shape index (κ2) is 7.59. The number of carbonyl (C=O) groups excluding carboxylic acids is 1. The molecule has 0 aliphatic heterocycles. The Labute approximate surface area is 138 Å². The predicted octanol–water partition coefficient (Wildman–Crippen LogP) is 3.89. The maximum atomic E-state index is 13.6. The van der Waals surface area contributed by atoms with Crippen molar-refractivity contribution in [3.8, 4) is 17.2 Å². The van der Waals surface area contributed by atoms with Gasteiger partial charge in [0.2, 0.25) is 5.75 Å². The van der Waals surface area contributed by atoms with Gasteiger partial charge in [0.25, 0.3) is 0 Å². The zero-order chi connectivity index (χ0) is 17.7. The minimum Gasteiger partial charge on any atom is -0.493 e. The first-order valence-corrected chi connectivity index (χ1v) is 6.98. The van der Waals surface area contributed by atoms with Crippen LogP contribution in [0.5, 0.6) is 17.2 Å². The highest BCUT2D eigenvalue weighted by Crippen LogP contribution is 2.38. The fraction of sp³-hybridized carbons (Fsp3) is 0.167. The first kappa shape index (κ1) is 17.5. The number of carbonyl (C=O) groups is 1. The van der Waals surface area contributed by atoms with Gasteiger partial charge >= 0.3 is 0 Å². The lowest BCUT2D eigenvalue weighted by Crippen LogP contribution is -2.00. The van der Waals surface area contributed by atoms with Crippen molar-refractivity contribution in [3.63, 3.8) is 0 Å². The van der Waals surface area contributed by atoms with Gasteiger partial charge in [0.05, 0.1) is 21.3 Å². The van der Waals surface area contributed by atoms with Crippen LogP contribution in [0, 0.1) is 11.6 Å². The topological polar surface area (TPSA) is 44.8 Å². The monoisotopic (exact) mass is 334 g/mol. The molecule has 2 aromatic rings. The Morgan fingerprint density at radius 3 is 1.96 bits per heavy atom. The Kier molecular flexibility index (Phi) is 5.52. The Balaban J connectivity index is 2.38. The molecule has 0 amide bonds. The largest absolute Gasteiger partial charge is 0.493 e. The van der Waals surface area contributed by atoms with Gasteiger partial charge in [-0.15, -0.1) is 0 Å². The molecule has 0 saturated heterocycles. The second-order valence-corrected chi connectivity index (χ2v) is 4.75. The van der Waals surface area contributed by atoms with E-state index in [1.807, 2.05) is 0 Å². The molecule has 0 radical (unpaired) electrons. The van der Waals surface area contributed by atoms with Crippen LogP contribution in [0.4, 0.5) is 8.78 Å². The van der Waals surface area contributed by atoms with Crippen molar-refractivity contribution in [2.45, 2.75) is 0 Å². The number of ether oxygens (including phenoxy) is 3. The third-order valence-electron chi connectivity index (χ3n) is 3.35. The highest BCUT2D eigenvalue weighted by Gasteiger charge is 2.16. The van der Waals surface area contributed by atoms with E-state index in [0.29, 0.717) is 17.2 Å². The van der Waals surface area contributed by atoms with Gasteiger partial charge in [0, 0.05) is 11.1 Å². The van der Waals surface area contributed by atoms with Gasteiger partial charge in [-0.1, -0.05) is 6.07 Å². The zero-order valence-electron chi connectivity index (χ0n) is 13.4. The van der Waals surface area contributed by atoms with Crippen LogP contribution < -0.4 is 14.2 Å². The van der Waals surface area contributed by atoms with E-state index in [0.717, 1.165) is 24.3 Å². The number of methoxy groups -OCH3 is 3. The van der Waals surface area contributed by atoms with Crippen molar-refractivity contribution >= 4 is 11.9 Å². The summed E-state index contributed by atoms with van der Waals surface area (Å²) in [6.45, 7) is 0. The van der Waals surface area contributed by atoms with Crippen molar-refractivity contribution in [3.05, 3.63) is 59.2 Å². The molecule has 0 aliphatic carbocycles. The summed E-state index contributed by atoms with van der Waals surface area (Å²) in [5.74, 6) is -0.984. The van der Waals surface area contributed by atoms with Gasteiger partial charge < -0.3 is 14.2 Å². The molecule has 6 heteroatoms. The lowest BCUT2D eigenvalue weighted by Gasteiger charge is -2.13. The minimum absolute atomic E-state index is 0.234. The number of hydrogen-bond donors (Lipinski definition) is 0. The minimum atomic E-state index is -0.746. The van der Waals surface area contributed by atoms with E-state index in [4.69, 9.17) is 14.2 Å². The molecule has 0 saturated carbocycles. The van der Waals surface area contributed by atoms with Crippen LogP contribution in [0.1, 0.15) is 15.9 Å². The first-order valence-electron chi connectivity index (χ1n) is 6.98. The van der Waals surface area contributed by atoms with E-state index in [-0.39, 0.29) is 11.1 Å². The zero-order valence-corrected chi connectivity index (χ0v) is 13.4. The van der Waals surface area contributed by atoms with Gasteiger partial charge in [-0.25, -0.2) is 8.78 Å². The summed E-state index contributed by atoms with van der Waals surface area (Å²) in [4.78, 5) is 12.3. The summed E-state index contributed by atoms with van der Waals surface area (Å²) in [7, 11) is 4.30. The molecule has 0 heterocycles. The van der Waals surface area contributed by atoms with Gasteiger partial charge in [-0.3, -0.25) is 4.79 Å². The third kappa shape index (κ3) is 3.53. The van der Waals surface area contributed by atoms with Crippen LogP contribution in [0.2, 0.25) is 0 Å². The predicted molar refractivity (Wildman–Crippen MR) is 85.8 cm³/mol. The summed E-state index contributed by atoms with van der Waals surface area (Å²) in [6, 6.07) is 6.42. The normalized spacial score (nSPS) is 10.7. The molecule has 0 unspecified atom stereocenters. The van der Waals surface area contributed by atoms with E-state index in [1.165, 1.54) is 39.5 Å². The molecule has 0 aliphatic rings. The summed E-state index contributed by atoms with van der Waals surface area (Å²) in [5.41, 5.74) is -0.0456. The molecule has 4 nitrogen and oxygen atoms in total. The van der Waals surface area contributed by atoms with Crippen molar-refractivity contribution in [2.24, 2.45) is 0 Å². The average molecular weight is 334 g/mol. The number of ketones is 1. The number of hydrogen-bond acceptors (Lipinski definition) is 4. The molecule has 24 heavy (non-hydrogen) atoms. The average Bonchev–Trinajstić information content (AvgIpc) is 2.59. The molecule has 0 aromatic heterocycles. The van der Waals surface area contributed by atoms with Crippen LogP contribution in [-0.4, -0.2) is 27.1 Å². The van der Waals surface area contributed by atoms with Crippen molar-refractivity contribution in [1.29, 1.82) is 0 Å². The number of allylic oxidation sites excluding steroid dienone is 1. The van der Waals surface area contributed by atoms with Crippen molar-refractivity contribution in [1.82, 2.24) is 0 Å². The molecule has 0 bridgehead atoms. The highest BCUT2D eigenvalue weighted by molar-refractivity contribution is 6.07. The lowest BCUT2D eigenvalue weighted by molar-refractivity contribution is 0.104. The van der Waals surface area contributed by atoms with E-state index in [9.17, 15) is 13.6 Å². The smallest absolute Gasteiger partial charge is 0.203 e. The van der Waals surface area contributed by atoms with Crippen molar-refractivity contribution in [2.75, 3.05) is 21.3 Å². The van der Waals surface area contributed by atoms with Crippen LogP contribution in [0.15, 0.2) is 36.4 Å². The number of rotatable bonds is 6. The maximum Gasteiger partial charge on any atom is 0.203 e. The maximum absolute atomic E-state index is 13.6. The summed E-state index contributed by atoms with van der Waals surface area (Å²) >= 11 is 0. The fourth-order valence-electron chi connectivity index (χ4n) is 2.15. The van der Waals surface area contributed by atoms with Crippen molar-refractivity contribution < 1.29 is 27.8 Å². The number of halogens is 2. The molecule has 0 spiro atoms. The van der Waals surface area contributed by atoms with Crippen LogP contribution in [-0.2, 0) is 0 Å². The van der Waals surface area contributed by atoms with E-state index in [2.05, 4.69) is 0 Å².